The van der Waals surface area contributed by atoms with E-state index in [2.05, 4.69) is 22.2 Å². The smallest absolute Gasteiger partial charge is 0.213 e. The van der Waals surface area contributed by atoms with E-state index in [0.717, 1.165) is 31.4 Å². The Balaban J connectivity index is 1.65. The van der Waals surface area contributed by atoms with Crippen LogP contribution >= 0.6 is 0 Å². The fraction of sp³-hybridized carbons (Fsp3) is 0.667. The molecule has 0 spiro atoms. The third-order valence-electron chi connectivity index (χ3n) is 3.89. The van der Waals surface area contributed by atoms with Crippen LogP contribution in [0.5, 0.6) is 5.88 Å². The van der Waals surface area contributed by atoms with Gasteiger partial charge in [0.1, 0.15) is 0 Å². The van der Waals surface area contributed by atoms with Gasteiger partial charge >= 0.3 is 0 Å². The monoisotopic (exact) mass is 263 g/mol. The predicted octanol–water partition coefficient (Wildman–Crippen LogP) is 2.05. The summed E-state index contributed by atoms with van der Waals surface area (Å²) >= 11 is 0. The summed E-state index contributed by atoms with van der Waals surface area (Å²) in [4.78, 5) is 6.87. The number of nitrogens with zero attached hydrogens (tertiary/aromatic N) is 2. The van der Waals surface area contributed by atoms with E-state index >= 15 is 0 Å². The van der Waals surface area contributed by atoms with Crippen molar-refractivity contribution in [1.82, 2.24) is 15.2 Å². The summed E-state index contributed by atoms with van der Waals surface area (Å²) in [6.07, 6.45) is 5.54. The van der Waals surface area contributed by atoms with Crippen LogP contribution in [0.15, 0.2) is 18.2 Å². The second kappa shape index (κ2) is 7.46. The lowest BCUT2D eigenvalue weighted by Gasteiger charge is -2.23. The van der Waals surface area contributed by atoms with Crippen LogP contribution in [0.4, 0.5) is 0 Å². The fourth-order valence-corrected chi connectivity index (χ4v) is 2.67. The first-order chi connectivity index (χ1) is 9.29. The first-order valence-corrected chi connectivity index (χ1v) is 7.20. The van der Waals surface area contributed by atoms with Crippen LogP contribution in [0.3, 0.4) is 0 Å². The third-order valence-corrected chi connectivity index (χ3v) is 3.89. The summed E-state index contributed by atoms with van der Waals surface area (Å²) < 4.78 is 5.12. The molecule has 1 fully saturated rings. The zero-order valence-electron chi connectivity index (χ0n) is 12.1. The minimum Gasteiger partial charge on any atom is -0.481 e. The third kappa shape index (κ3) is 4.48. The van der Waals surface area contributed by atoms with Crippen molar-refractivity contribution in [2.24, 2.45) is 0 Å². The van der Waals surface area contributed by atoms with Gasteiger partial charge in [0, 0.05) is 31.7 Å². The van der Waals surface area contributed by atoms with Crippen LogP contribution < -0.4 is 10.1 Å². The quantitative estimate of drug-likeness (QED) is 0.764. The van der Waals surface area contributed by atoms with Crippen molar-refractivity contribution in [1.29, 1.82) is 0 Å². The number of likely N-dealkylation sites (N-methyl/N-ethyl adjacent to an activating group) is 1. The number of pyridine rings is 1. The van der Waals surface area contributed by atoms with E-state index in [1.165, 1.54) is 25.7 Å². The van der Waals surface area contributed by atoms with Gasteiger partial charge in [-0.05, 0) is 26.0 Å². The molecule has 0 unspecified atom stereocenters. The minimum atomic E-state index is 0.683. The maximum Gasteiger partial charge on any atom is 0.213 e. The molecular weight excluding hydrogens is 238 g/mol. The number of methoxy groups -OCH3 is 1. The van der Waals surface area contributed by atoms with E-state index in [-0.39, 0.29) is 0 Å². The molecule has 0 amide bonds. The van der Waals surface area contributed by atoms with Gasteiger partial charge in [0.05, 0.1) is 12.8 Å². The predicted molar refractivity (Wildman–Crippen MR) is 77.4 cm³/mol. The molecule has 1 aromatic rings. The lowest BCUT2D eigenvalue weighted by molar-refractivity contribution is 0.245. The molecule has 4 nitrogen and oxygen atoms in total. The van der Waals surface area contributed by atoms with Crippen molar-refractivity contribution in [2.45, 2.75) is 38.3 Å². The van der Waals surface area contributed by atoms with Gasteiger partial charge in [-0.1, -0.05) is 18.9 Å². The van der Waals surface area contributed by atoms with Crippen molar-refractivity contribution in [3.8, 4) is 5.88 Å². The average molecular weight is 263 g/mol. The molecule has 106 valence electrons. The molecule has 1 aliphatic carbocycles. The number of aromatic nitrogens is 1. The second-order valence-electron chi connectivity index (χ2n) is 5.27. The average Bonchev–Trinajstić information content (AvgIpc) is 2.98. The highest BCUT2D eigenvalue weighted by molar-refractivity contribution is 5.15. The second-order valence-corrected chi connectivity index (χ2v) is 5.27. The van der Waals surface area contributed by atoms with Crippen LogP contribution in [0.1, 0.15) is 31.4 Å². The number of rotatable bonds is 7. The van der Waals surface area contributed by atoms with Crippen LogP contribution in [0, 0.1) is 0 Å². The van der Waals surface area contributed by atoms with Crippen molar-refractivity contribution in [2.75, 3.05) is 27.2 Å². The Kier molecular flexibility index (Phi) is 5.61. The summed E-state index contributed by atoms with van der Waals surface area (Å²) in [5.41, 5.74) is 1.03. The molecule has 1 saturated carbocycles. The molecule has 4 heteroatoms. The zero-order chi connectivity index (χ0) is 13.5. The Morgan fingerprint density at radius 2 is 2.16 bits per heavy atom. The number of hydrogen-bond donors (Lipinski definition) is 1. The molecule has 1 N–H and O–H groups in total. The van der Waals surface area contributed by atoms with Crippen LogP contribution in [0.25, 0.3) is 0 Å². The molecule has 0 radical (unpaired) electrons. The highest BCUT2D eigenvalue weighted by atomic mass is 16.5. The molecule has 0 aliphatic heterocycles. The van der Waals surface area contributed by atoms with Gasteiger partial charge in [0.2, 0.25) is 5.88 Å². The molecule has 1 heterocycles. The van der Waals surface area contributed by atoms with E-state index in [4.69, 9.17) is 4.74 Å². The molecule has 0 saturated heterocycles. The molecule has 0 atom stereocenters. The van der Waals surface area contributed by atoms with Gasteiger partial charge in [-0.2, -0.15) is 0 Å². The highest BCUT2D eigenvalue weighted by Gasteiger charge is 2.18. The molecular formula is C15H25N3O. The Morgan fingerprint density at radius 3 is 2.89 bits per heavy atom. The van der Waals surface area contributed by atoms with Crippen molar-refractivity contribution >= 4 is 0 Å². The topological polar surface area (TPSA) is 37.4 Å². The molecule has 1 aliphatic rings. The maximum absolute atomic E-state index is 5.12. The minimum absolute atomic E-state index is 0.683. The standard InChI is InChI=1S/C15H25N3O/c1-18(14-7-3-4-8-14)11-10-16-12-13-6-5-9-15(17-13)19-2/h5-6,9,14,16H,3-4,7-8,10-12H2,1-2H3. The fourth-order valence-electron chi connectivity index (χ4n) is 2.67. The Hall–Kier alpha value is -1.13. The number of hydrogen-bond acceptors (Lipinski definition) is 4. The van der Waals surface area contributed by atoms with Gasteiger partial charge in [-0.3, -0.25) is 0 Å². The first kappa shape index (κ1) is 14.3. The van der Waals surface area contributed by atoms with E-state index in [0.29, 0.717) is 5.88 Å². The first-order valence-electron chi connectivity index (χ1n) is 7.20. The van der Waals surface area contributed by atoms with E-state index in [1.54, 1.807) is 7.11 Å². The summed E-state index contributed by atoms with van der Waals surface area (Å²) in [6.45, 7) is 2.91. The summed E-state index contributed by atoms with van der Waals surface area (Å²) in [6, 6.07) is 6.68. The number of nitrogens with one attached hydrogen (secondary N) is 1. The lowest BCUT2D eigenvalue weighted by atomic mass is 10.2. The van der Waals surface area contributed by atoms with E-state index in [1.807, 2.05) is 18.2 Å². The summed E-state index contributed by atoms with van der Waals surface area (Å²) in [7, 11) is 3.89. The molecule has 0 aromatic carbocycles. The number of ether oxygens (including phenoxy) is 1. The van der Waals surface area contributed by atoms with Gasteiger partial charge in [-0.25, -0.2) is 4.98 Å². The van der Waals surface area contributed by atoms with Crippen LogP contribution in [0.2, 0.25) is 0 Å². The Bertz CT molecular complexity index is 377. The lowest BCUT2D eigenvalue weighted by Crippen LogP contribution is -2.35. The summed E-state index contributed by atoms with van der Waals surface area (Å²) in [5, 5.41) is 3.45. The van der Waals surface area contributed by atoms with E-state index in [9.17, 15) is 0 Å². The SMILES string of the molecule is COc1cccc(CNCCN(C)C2CCCC2)n1. The molecule has 1 aromatic heterocycles. The van der Waals surface area contributed by atoms with Crippen molar-refractivity contribution in [3.63, 3.8) is 0 Å². The zero-order valence-corrected chi connectivity index (χ0v) is 12.1. The molecule has 0 bridgehead atoms. The van der Waals surface area contributed by atoms with Crippen molar-refractivity contribution in [3.05, 3.63) is 23.9 Å². The van der Waals surface area contributed by atoms with Gasteiger partial charge in [-0.15, -0.1) is 0 Å². The van der Waals surface area contributed by atoms with Gasteiger partial charge < -0.3 is 15.0 Å². The normalized spacial score (nSPS) is 16.2. The summed E-state index contributed by atoms with van der Waals surface area (Å²) in [5.74, 6) is 0.683. The molecule has 2 rings (SSSR count). The molecule has 19 heavy (non-hydrogen) atoms. The van der Waals surface area contributed by atoms with Gasteiger partial charge in [0.25, 0.3) is 0 Å². The largest absolute Gasteiger partial charge is 0.481 e. The Morgan fingerprint density at radius 1 is 1.37 bits per heavy atom. The van der Waals surface area contributed by atoms with Crippen LogP contribution in [-0.2, 0) is 6.54 Å². The maximum atomic E-state index is 5.12. The van der Waals surface area contributed by atoms with Crippen molar-refractivity contribution < 1.29 is 4.74 Å². The van der Waals surface area contributed by atoms with Gasteiger partial charge in [0.15, 0.2) is 0 Å². The Labute approximate surface area is 116 Å². The van der Waals surface area contributed by atoms with E-state index < -0.39 is 0 Å². The highest BCUT2D eigenvalue weighted by Crippen LogP contribution is 2.21. The van der Waals surface area contributed by atoms with Crippen LogP contribution in [-0.4, -0.2) is 43.2 Å².